The van der Waals surface area contributed by atoms with Gasteiger partial charge >= 0.3 is 0 Å². The Hall–Kier alpha value is -6.18. The Labute approximate surface area is 300 Å². The van der Waals surface area contributed by atoms with Crippen molar-refractivity contribution in [1.29, 1.82) is 0 Å². The summed E-state index contributed by atoms with van der Waals surface area (Å²) in [6, 6.07) is 69.7. The SMILES string of the molecule is CC1(C)c2cc(N(c3ccccc3)c3ccc4c(c3)C(c3ccccc3)(c3ccccc3)c3ccccc3-4)ccc2-c2cc3ccccc3cc21. The first-order valence-electron chi connectivity index (χ1n) is 17.9. The monoisotopic (exact) mass is 651 g/mol. The van der Waals surface area contributed by atoms with Crippen LogP contribution in [0.3, 0.4) is 0 Å². The minimum atomic E-state index is -0.462. The van der Waals surface area contributed by atoms with Gasteiger partial charge in [0.25, 0.3) is 0 Å². The highest BCUT2D eigenvalue weighted by molar-refractivity contribution is 5.95. The first-order chi connectivity index (χ1) is 25.0. The van der Waals surface area contributed by atoms with Gasteiger partial charge in [0.2, 0.25) is 0 Å². The first kappa shape index (κ1) is 29.7. The maximum atomic E-state index is 2.46. The van der Waals surface area contributed by atoms with Crippen LogP contribution in [0.4, 0.5) is 17.1 Å². The van der Waals surface area contributed by atoms with E-state index in [1.807, 2.05) is 0 Å². The molecule has 0 saturated heterocycles. The van der Waals surface area contributed by atoms with Crippen LogP contribution in [-0.2, 0) is 10.8 Å². The van der Waals surface area contributed by atoms with Gasteiger partial charge in [0, 0.05) is 22.5 Å². The molecule has 0 heterocycles. The summed E-state index contributed by atoms with van der Waals surface area (Å²) in [7, 11) is 0. The molecular weight excluding hydrogens is 615 g/mol. The third-order valence-electron chi connectivity index (χ3n) is 11.5. The standard InChI is InChI=1S/C50H37N/c1-49(2)46-31-35-17-13-12-16-34(35)30-44(46)43-29-27-39(32-47(43)49)51(38-22-10-5-11-23-38)40-26-28-42-41-24-14-15-25-45(41)50(48(42)33-40,36-18-6-3-7-19-36)37-20-8-4-9-21-37/h3-33H,1-2H3. The number of rotatable bonds is 5. The highest BCUT2D eigenvalue weighted by atomic mass is 15.1. The molecule has 8 aromatic carbocycles. The van der Waals surface area contributed by atoms with Crippen molar-refractivity contribution in [3.05, 3.63) is 221 Å². The molecule has 0 saturated carbocycles. The number of hydrogen-bond acceptors (Lipinski definition) is 1. The van der Waals surface area contributed by atoms with Crippen LogP contribution in [0.25, 0.3) is 33.0 Å². The van der Waals surface area contributed by atoms with Crippen LogP contribution in [0.15, 0.2) is 188 Å². The lowest BCUT2D eigenvalue weighted by molar-refractivity contribution is 0.661. The smallest absolute Gasteiger partial charge is 0.0714 e. The predicted molar refractivity (Wildman–Crippen MR) is 213 cm³/mol. The van der Waals surface area contributed by atoms with E-state index < -0.39 is 5.41 Å². The highest BCUT2D eigenvalue weighted by Gasteiger charge is 2.46. The highest BCUT2D eigenvalue weighted by Crippen LogP contribution is 2.58. The second-order valence-electron chi connectivity index (χ2n) is 14.5. The number of benzene rings is 8. The van der Waals surface area contributed by atoms with Gasteiger partial charge in [0.15, 0.2) is 0 Å². The van der Waals surface area contributed by atoms with Crippen molar-refractivity contribution in [2.45, 2.75) is 24.7 Å². The maximum Gasteiger partial charge on any atom is 0.0714 e. The third kappa shape index (κ3) is 4.28. The summed E-state index contributed by atoms with van der Waals surface area (Å²) >= 11 is 0. The van der Waals surface area contributed by atoms with Gasteiger partial charge in [-0.2, -0.15) is 0 Å². The van der Waals surface area contributed by atoms with Gasteiger partial charge in [-0.05, 0) is 115 Å². The quantitative estimate of drug-likeness (QED) is 0.179. The summed E-state index contributed by atoms with van der Waals surface area (Å²) in [4.78, 5) is 2.44. The molecule has 1 nitrogen and oxygen atoms in total. The number of para-hydroxylation sites is 1. The van der Waals surface area contributed by atoms with Crippen molar-refractivity contribution in [3.63, 3.8) is 0 Å². The topological polar surface area (TPSA) is 3.24 Å². The fourth-order valence-corrected chi connectivity index (χ4v) is 9.14. The molecule has 51 heavy (non-hydrogen) atoms. The number of hydrogen-bond donors (Lipinski definition) is 0. The number of fused-ring (bicyclic) bond motifs is 7. The van der Waals surface area contributed by atoms with Crippen LogP contribution in [0.2, 0.25) is 0 Å². The van der Waals surface area contributed by atoms with Gasteiger partial charge in [-0.25, -0.2) is 0 Å². The van der Waals surface area contributed by atoms with E-state index in [1.165, 1.54) is 66.4 Å². The third-order valence-corrected chi connectivity index (χ3v) is 11.5. The molecule has 0 unspecified atom stereocenters. The van der Waals surface area contributed by atoms with Gasteiger partial charge in [0.1, 0.15) is 0 Å². The Morgan fingerprint density at radius 1 is 0.333 bits per heavy atom. The summed E-state index contributed by atoms with van der Waals surface area (Å²) < 4.78 is 0. The molecule has 0 radical (unpaired) electrons. The lowest BCUT2D eigenvalue weighted by atomic mass is 9.67. The van der Waals surface area contributed by atoms with Crippen molar-refractivity contribution >= 4 is 27.8 Å². The summed E-state index contributed by atoms with van der Waals surface area (Å²) in [5.74, 6) is 0. The Morgan fingerprint density at radius 2 is 0.804 bits per heavy atom. The minimum absolute atomic E-state index is 0.136. The molecule has 0 amide bonds. The summed E-state index contributed by atoms with van der Waals surface area (Å²) in [5, 5.41) is 2.58. The molecule has 2 aliphatic carbocycles. The van der Waals surface area contributed by atoms with Crippen molar-refractivity contribution in [2.75, 3.05) is 4.90 Å². The van der Waals surface area contributed by atoms with Gasteiger partial charge in [0.05, 0.1) is 5.41 Å². The van der Waals surface area contributed by atoms with E-state index in [1.54, 1.807) is 0 Å². The second kappa shape index (κ2) is 11.2. The van der Waals surface area contributed by atoms with Crippen LogP contribution in [0, 0.1) is 0 Å². The Kier molecular flexibility index (Phi) is 6.51. The molecule has 0 bridgehead atoms. The van der Waals surface area contributed by atoms with Gasteiger partial charge in [-0.15, -0.1) is 0 Å². The van der Waals surface area contributed by atoms with E-state index >= 15 is 0 Å². The predicted octanol–water partition coefficient (Wildman–Crippen LogP) is 13.0. The average molecular weight is 652 g/mol. The number of anilines is 3. The average Bonchev–Trinajstić information content (AvgIpc) is 3.60. The van der Waals surface area contributed by atoms with Crippen LogP contribution < -0.4 is 4.90 Å². The van der Waals surface area contributed by atoms with E-state index in [9.17, 15) is 0 Å². The molecule has 1 heteroatoms. The lowest BCUT2D eigenvalue weighted by Crippen LogP contribution is -2.28. The van der Waals surface area contributed by atoms with Crippen LogP contribution in [-0.4, -0.2) is 0 Å². The van der Waals surface area contributed by atoms with Crippen molar-refractivity contribution < 1.29 is 0 Å². The maximum absolute atomic E-state index is 2.46. The minimum Gasteiger partial charge on any atom is -0.310 e. The van der Waals surface area contributed by atoms with E-state index in [2.05, 4.69) is 207 Å². The Morgan fingerprint density at radius 3 is 1.45 bits per heavy atom. The molecule has 0 atom stereocenters. The zero-order valence-corrected chi connectivity index (χ0v) is 28.8. The van der Waals surface area contributed by atoms with Gasteiger partial charge in [-0.1, -0.05) is 153 Å². The van der Waals surface area contributed by atoms with Crippen LogP contribution >= 0.6 is 0 Å². The Balaban J connectivity index is 1.20. The second-order valence-corrected chi connectivity index (χ2v) is 14.5. The van der Waals surface area contributed by atoms with Crippen molar-refractivity contribution in [1.82, 2.24) is 0 Å². The normalized spacial score (nSPS) is 14.4. The molecule has 0 aliphatic heterocycles. The summed E-state index contributed by atoms with van der Waals surface area (Å²) in [5.41, 5.74) is 16.0. The van der Waals surface area contributed by atoms with E-state index in [4.69, 9.17) is 0 Å². The number of nitrogens with zero attached hydrogens (tertiary/aromatic N) is 1. The molecule has 0 fully saturated rings. The molecule has 0 N–H and O–H groups in total. The van der Waals surface area contributed by atoms with Crippen LogP contribution in [0.5, 0.6) is 0 Å². The molecule has 242 valence electrons. The van der Waals surface area contributed by atoms with E-state index in [0.717, 1.165) is 17.1 Å². The lowest BCUT2D eigenvalue weighted by Gasteiger charge is -2.35. The first-order valence-corrected chi connectivity index (χ1v) is 17.9. The summed E-state index contributed by atoms with van der Waals surface area (Å²) in [6.45, 7) is 4.76. The molecule has 2 aliphatic rings. The zero-order valence-electron chi connectivity index (χ0n) is 28.8. The molecule has 0 aromatic heterocycles. The fourth-order valence-electron chi connectivity index (χ4n) is 9.14. The molecule has 10 rings (SSSR count). The molecule has 8 aromatic rings. The van der Waals surface area contributed by atoms with Crippen LogP contribution in [0.1, 0.15) is 47.2 Å². The van der Waals surface area contributed by atoms with E-state index in [0.29, 0.717) is 0 Å². The largest absolute Gasteiger partial charge is 0.310 e. The Bertz CT molecular complexity index is 2560. The van der Waals surface area contributed by atoms with Gasteiger partial charge in [-0.3, -0.25) is 0 Å². The fraction of sp³-hybridized carbons (Fsp3) is 0.0800. The zero-order chi connectivity index (χ0) is 34.2. The van der Waals surface area contributed by atoms with Crippen molar-refractivity contribution in [2.24, 2.45) is 0 Å². The van der Waals surface area contributed by atoms with Crippen molar-refractivity contribution in [3.8, 4) is 22.3 Å². The molecule has 0 spiro atoms. The molecular formula is C50H37N. The van der Waals surface area contributed by atoms with E-state index in [-0.39, 0.29) is 5.41 Å². The van der Waals surface area contributed by atoms with Gasteiger partial charge < -0.3 is 4.90 Å². The summed E-state index contributed by atoms with van der Waals surface area (Å²) in [6.07, 6.45) is 0.